The van der Waals surface area contributed by atoms with Gasteiger partial charge in [0.05, 0.1) is 11.0 Å². The minimum absolute atomic E-state index is 0.0724. The minimum Gasteiger partial charge on any atom is -0.377 e. The highest BCUT2D eigenvalue weighted by Crippen LogP contribution is 2.17. The van der Waals surface area contributed by atoms with Gasteiger partial charge >= 0.3 is 0 Å². The van der Waals surface area contributed by atoms with Gasteiger partial charge in [-0.05, 0) is 61.9 Å². The molecule has 8 nitrogen and oxygen atoms in total. The molecule has 2 aromatic carbocycles. The molecule has 33 heavy (non-hydrogen) atoms. The summed E-state index contributed by atoms with van der Waals surface area (Å²) in [5.41, 5.74) is 2.27. The van der Waals surface area contributed by atoms with Gasteiger partial charge in [-0.25, -0.2) is 13.1 Å². The Hall–Kier alpha value is -2.30. The van der Waals surface area contributed by atoms with Crippen LogP contribution in [0, 0.1) is 0 Å². The molecule has 9 heteroatoms. The first-order chi connectivity index (χ1) is 15.9. The number of rotatable bonds is 8. The lowest BCUT2D eigenvalue weighted by Gasteiger charge is -2.32. The predicted octanol–water partition coefficient (Wildman–Crippen LogP) is 2.14. The summed E-state index contributed by atoms with van der Waals surface area (Å²) < 4.78 is 33.1. The molecule has 1 unspecified atom stereocenters. The van der Waals surface area contributed by atoms with Crippen molar-refractivity contribution in [1.29, 1.82) is 0 Å². The fourth-order valence-electron chi connectivity index (χ4n) is 4.09. The summed E-state index contributed by atoms with van der Waals surface area (Å²) in [6.07, 6.45) is 1.74. The summed E-state index contributed by atoms with van der Waals surface area (Å²) in [5, 5.41) is 2.92. The first-order valence-electron chi connectivity index (χ1n) is 11.4. The lowest BCUT2D eigenvalue weighted by Crippen LogP contribution is -2.43. The van der Waals surface area contributed by atoms with Crippen molar-refractivity contribution < 1.29 is 17.9 Å². The molecule has 2 saturated heterocycles. The van der Waals surface area contributed by atoms with Crippen LogP contribution in [0.1, 0.15) is 28.8 Å². The van der Waals surface area contributed by atoms with Crippen LogP contribution in [0.15, 0.2) is 53.4 Å². The van der Waals surface area contributed by atoms with Crippen molar-refractivity contribution in [2.45, 2.75) is 30.4 Å². The number of ether oxygens (including phenoxy) is 1. The van der Waals surface area contributed by atoms with E-state index in [4.69, 9.17) is 4.74 Å². The zero-order chi connectivity index (χ0) is 23.3. The van der Waals surface area contributed by atoms with Gasteiger partial charge in [0.25, 0.3) is 5.91 Å². The number of carbonyl (C=O) groups is 1. The number of anilines is 1. The monoisotopic (exact) mass is 472 g/mol. The molecule has 1 atom stereocenters. The van der Waals surface area contributed by atoms with E-state index in [1.807, 2.05) is 18.2 Å². The molecule has 2 heterocycles. The van der Waals surface area contributed by atoms with Gasteiger partial charge in [-0.15, -0.1) is 0 Å². The van der Waals surface area contributed by atoms with Gasteiger partial charge in [0, 0.05) is 57.1 Å². The molecule has 2 aromatic rings. The Kier molecular flexibility index (Phi) is 7.77. The first kappa shape index (κ1) is 23.8. The minimum atomic E-state index is -3.64. The van der Waals surface area contributed by atoms with Crippen LogP contribution in [0.4, 0.5) is 5.69 Å². The highest BCUT2D eigenvalue weighted by molar-refractivity contribution is 7.89. The third kappa shape index (κ3) is 6.61. The van der Waals surface area contributed by atoms with Crippen LogP contribution < -0.4 is 10.0 Å². The number of nitrogens with zero attached hydrogens (tertiary/aromatic N) is 2. The maximum atomic E-state index is 12.7. The second-order valence-electron chi connectivity index (χ2n) is 8.75. The Balaban J connectivity index is 1.33. The van der Waals surface area contributed by atoms with Gasteiger partial charge < -0.3 is 15.0 Å². The Morgan fingerprint density at radius 1 is 1.09 bits per heavy atom. The van der Waals surface area contributed by atoms with Gasteiger partial charge in [0.1, 0.15) is 0 Å². The number of carbonyl (C=O) groups excluding carboxylic acids is 1. The summed E-state index contributed by atoms with van der Waals surface area (Å²) in [6.45, 7) is 5.97. The molecule has 0 saturated carbocycles. The zero-order valence-electron chi connectivity index (χ0n) is 19.0. The lowest BCUT2D eigenvalue weighted by atomic mass is 10.1. The standard InChI is InChI=1S/C24H32N4O4S/c1-27-11-13-28(14-12-27)18-19-4-2-5-21(16-19)26-24(29)20-7-9-23(10-8-20)33(30,31)25-17-22-6-3-15-32-22/h2,4-5,7-10,16,22,25H,3,6,11-15,17-18H2,1H3,(H,26,29). The van der Waals surface area contributed by atoms with E-state index < -0.39 is 10.0 Å². The SMILES string of the molecule is CN1CCN(Cc2cccc(NC(=O)c3ccc(S(=O)(=O)NCC4CCCO4)cc3)c2)CC1. The number of hydrogen-bond donors (Lipinski definition) is 2. The largest absolute Gasteiger partial charge is 0.377 e. The Labute approximate surface area is 196 Å². The summed E-state index contributed by atoms with van der Waals surface area (Å²) in [5.74, 6) is -0.275. The van der Waals surface area contributed by atoms with E-state index in [-0.39, 0.29) is 23.5 Å². The third-order valence-electron chi connectivity index (χ3n) is 6.14. The molecular formula is C24H32N4O4S. The maximum Gasteiger partial charge on any atom is 0.255 e. The summed E-state index contributed by atoms with van der Waals surface area (Å²) in [7, 11) is -1.51. The smallest absolute Gasteiger partial charge is 0.255 e. The third-order valence-corrected chi connectivity index (χ3v) is 7.58. The number of sulfonamides is 1. The number of amides is 1. The van der Waals surface area contributed by atoms with Crippen LogP contribution in [-0.2, 0) is 21.3 Å². The second kappa shape index (κ2) is 10.8. The summed E-state index contributed by atoms with van der Waals surface area (Å²) >= 11 is 0. The number of piperazine rings is 1. The molecular weight excluding hydrogens is 440 g/mol. The fourth-order valence-corrected chi connectivity index (χ4v) is 5.16. The highest BCUT2D eigenvalue weighted by Gasteiger charge is 2.20. The van der Waals surface area contributed by atoms with Crippen molar-refractivity contribution in [2.75, 3.05) is 51.7 Å². The predicted molar refractivity (Wildman–Crippen MR) is 128 cm³/mol. The molecule has 0 radical (unpaired) electrons. The average Bonchev–Trinajstić information content (AvgIpc) is 3.34. The van der Waals surface area contributed by atoms with Gasteiger partial charge in [0.2, 0.25) is 10.0 Å². The molecule has 0 aromatic heterocycles. The van der Waals surface area contributed by atoms with E-state index in [9.17, 15) is 13.2 Å². The first-order valence-corrected chi connectivity index (χ1v) is 12.9. The van der Waals surface area contributed by atoms with Crippen molar-refractivity contribution in [3.05, 3.63) is 59.7 Å². The van der Waals surface area contributed by atoms with E-state index >= 15 is 0 Å². The molecule has 1 amide bonds. The van der Waals surface area contributed by atoms with Crippen LogP contribution in [0.3, 0.4) is 0 Å². The molecule has 0 spiro atoms. The van der Waals surface area contributed by atoms with Crippen molar-refractivity contribution in [3.8, 4) is 0 Å². The van der Waals surface area contributed by atoms with Crippen LogP contribution in [0.5, 0.6) is 0 Å². The van der Waals surface area contributed by atoms with Crippen molar-refractivity contribution in [2.24, 2.45) is 0 Å². The van der Waals surface area contributed by atoms with E-state index in [1.54, 1.807) is 0 Å². The number of benzene rings is 2. The summed E-state index contributed by atoms with van der Waals surface area (Å²) in [6, 6.07) is 13.8. The van der Waals surface area contributed by atoms with Crippen LogP contribution in [0.2, 0.25) is 0 Å². The van der Waals surface area contributed by atoms with Gasteiger partial charge in [-0.3, -0.25) is 9.69 Å². The molecule has 0 aliphatic carbocycles. The number of hydrogen-bond acceptors (Lipinski definition) is 6. The van der Waals surface area contributed by atoms with E-state index in [0.717, 1.165) is 56.8 Å². The van der Waals surface area contributed by atoms with Crippen LogP contribution in [-0.4, -0.2) is 76.6 Å². The highest BCUT2D eigenvalue weighted by atomic mass is 32.2. The van der Waals surface area contributed by atoms with Crippen molar-refractivity contribution in [1.82, 2.24) is 14.5 Å². The van der Waals surface area contributed by atoms with Crippen LogP contribution >= 0.6 is 0 Å². The van der Waals surface area contributed by atoms with Crippen LogP contribution in [0.25, 0.3) is 0 Å². The summed E-state index contributed by atoms with van der Waals surface area (Å²) in [4.78, 5) is 17.6. The van der Waals surface area contributed by atoms with E-state index in [1.165, 1.54) is 24.3 Å². The second-order valence-corrected chi connectivity index (χ2v) is 10.5. The molecule has 2 fully saturated rings. The number of nitrogens with one attached hydrogen (secondary N) is 2. The molecule has 178 valence electrons. The van der Waals surface area contributed by atoms with Gasteiger partial charge in [-0.1, -0.05) is 12.1 Å². The van der Waals surface area contributed by atoms with E-state index in [0.29, 0.717) is 12.2 Å². The van der Waals surface area contributed by atoms with Crippen molar-refractivity contribution in [3.63, 3.8) is 0 Å². The van der Waals surface area contributed by atoms with Crippen molar-refractivity contribution >= 4 is 21.6 Å². The van der Waals surface area contributed by atoms with Gasteiger partial charge in [0.15, 0.2) is 0 Å². The molecule has 2 aliphatic rings. The normalized spacial score (nSPS) is 20.1. The Morgan fingerprint density at radius 2 is 1.85 bits per heavy atom. The van der Waals surface area contributed by atoms with E-state index in [2.05, 4.69) is 33.0 Å². The maximum absolute atomic E-state index is 12.7. The lowest BCUT2D eigenvalue weighted by molar-refractivity contribution is 0.102. The fraction of sp³-hybridized carbons (Fsp3) is 0.458. The molecule has 4 rings (SSSR count). The Bertz CT molecular complexity index is 1040. The molecule has 2 N–H and O–H groups in total. The van der Waals surface area contributed by atoms with Gasteiger partial charge in [-0.2, -0.15) is 0 Å². The Morgan fingerprint density at radius 3 is 2.55 bits per heavy atom. The average molecular weight is 473 g/mol. The molecule has 2 aliphatic heterocycles. The molecule has 0 bridgehead atoms. The quantitative estimate of drug-likeness (QED) is 0.612. The number of likely N-dealkylation sites (N-methyl/N-ethyl adjacent to an activating group) is 1. The zero-order valence-corrected chi connectivity index (χ0v) is 19.8. The topological polar surface area (TPSA) is 91.0 Å².